The number of hydrogen-bond acceptors (Lipinski definition) is 6. The second-order valence-corrected chi connectivity index (χ2v) is 9.92. The first-order chi connectivity index (χ1) is 17.4. The quantitative estimate of drug-likeness (QED) is 0.316. The normalized spacial score (nSPS) is 29.0. The number of aliphatic hydroxyl groups excluding tert-OH is 2. The summed E-state index contributed by atoms with van der Waals surface area (Å²) in [6, 6.07) is 15.2. The minimum Gasteiger partial charge on any atom is -0.387 e. The zero-order valence-corrected chi connectivity index (χ0v) is 19.4. The highest BCUT2D eigenvalue weighted by Gasteiger charge is 2.57. The van der Waals surface area contributed by atoms with Crippen molar-refractivity contribution in [3.05, 3.63) is 59.7 Å². The lowest BCUT2D eigenvalue weighted by molar-refractivity contribution is -0.314. The molecular formula is C27H21N3O6. The van der Waals surface area contributed by atoms with Gasteiger partial charge in [-0.15, -0.1) is 0 Å². The van der Waals surface area contributed by atoms with E-state index >= 15 is 0 Å². The number of imide groups is 1. The molecule has 3 N–H and O–H groups in total. The SMILES string of the molecule is CO[C@@H]1[C@@H](O)[C@@H](O)[C@H]2O[C@]1(C)n1c3ccccc3c3c4c(c5c6ccccc6n2c5c31)C(=O)NC4=O. The molecule has 2 aromatic heterocycles. The maximum Gasteiger partial charge on any atom is 0.259 e. The smallest absolute Gasteiger partial charge is 0.259 e. The number of aromatic nitrogens is 2. The summed E-state index contributed by atoms with van der Waals surface area (Å²) in [5, 5.41) is 27.9. The summed E-state index contributed by atoms with van der Waals surface area (Å²) in [5.41, 5.74) is 2.25. The van der Waals surface area contributed by atoms with Crippen molar-refractivity contribution < 1.29 is 29.3 Å². The Balaban J connectivity index is 1.77. The van der Waals surface area contributed by atoms with Crippen LogP contribution in [0.4, 0.5) is 0 Å². The molecule has 180 valence electrons. The van der Waals surface area contributed by atoms with E-state index < -0.39 is 42.1 Å². The molecule has 9 heteroatoms. The van der Waals surface area contributed by atoms with Gasteiger partial charge in [0.25, 0.3) is 11.8 Å². The molecule has 3 aliphatic rings. The molecule has 0 aliphatic carbocycles. The lowest BCUT2D eigenvalue weighted by Gasteiger charge is -2.48. The fourth-order valence-electron chi connectivity index (χ4n) is 6.91. The zero-order valence-electron chi connectivity index (χ0n) is 19.4. The van der Waals surface area contributed by atoms with Crippen molar-refractivity contribution in [1.29, 1.82) is 0 Å². The van der Waals surface area contributed by atoms with Gasteiger partial charge in [-0.25, -0.2) is 0 Å². The number of ether oxygens (including phenoxy) is 2. The van der Waals surface area contributed by atoms with E-state index in [-0.39, 0.29) is 0 Å². The summed E-state index contributed by atoms with van der Waals surface area (Å²) in [6.45, 7) is 1.83. The van der Waals surface area contributed by atoms with Crippen LogP contribution in [0, 0.1) is 0 Å². The predicted molar refractivity (Wildman–Crippen MR) is 131 cm³/mol. The van der Waals surface area contributed by atoms with Gasteiger partial charge >= 0.3 is 0 Å². The van der Waals surface area contributed by atoms with Gasteiger partial charge < -0.3 is 28.8 Å². The highest BCUT2D eigenvalue weighted by molar-refractivity contribution is 6.39. The summed E-state index contributed by atoms with van der Waals surface area (Å²) in [6.07, 6.45) is -4.47. The number of amides is 2. The van der Waals surface area contributed by atoms with Crippen LogP contribution in [0.15, 0.2) is 48.5 Å². The van der Waals surface area contributed by atoms with Crippen LogP contribution < -0.4 is 5.32 Å². The van der Waals surface area contributed by atoms with Crippen molar-refractivity contribution >= 4 is 55.4 Å². The minimum absolute atomic E-state index is 0.320. The number of methoxy groups -OCH3 is 1. The largest absolute Gasteiger partial charge is 0.387 e. The van der Waals surface area contributed by atoms with Crippen LogP contribution in [-0.4, -0.2) is 56.6 Å². The van der Waals surface area contributed by atoms with Crippen molar-refractivity contribution in [1.82, 2.24) is 14.5 Å². The molecule has 0 unspecified atom stereocenters. The molecule has 2 amide bonds. The molecule has 8 rings (SSSR count). The first kappa shape index (κ1) is 20.4. The number of nitrogens with one attached hydrogen (secondary N) is 1. The highest BCUT2D eigenvalue weighted by Crippen LogP contribution is 2.53. The molecule has 3 aromatic carbocycles. The van der Waals surface area contributed by atoms with Crippen LogP contribution in [0.2, 0.25) is 0 Å². The fourth-order valence-corrected chi connectivity index (χ4v) is 6.91. The number of para-hydroxylation sites is 2. The van der Waals surface area contributed by atoms with Gasteiger partial charge in [-0.1, -0.05) is 36.4 Å². The molecule has 9 nitrogen and oxygen atoms in total. The van der Waals surface area contributed by atoms with Crippen LogP contribution in [-0.2, 0) is 15.2 Å². The lowest BCUT2D eigenvalue weighted by Crippen LogP contribution is -2.62. The maximum absolute atomic E-state index is 13.3. The second kappa shape index (κ2) is 6.32. The summed E-state index contributed by atoms with van der Waals surface area (Å²) in [5.74, 6) is -0.899. The van der Waals surface area contributed by atoms with E-state index in [1.54, 1.807) is 0 Å². The molecule has 3 aliphatic heterocycles. The number of nitrogens with zero attached hydrogens (tertiary/aromatic N) is 2. The Hall–Kier alpha value is -3.76. The number of hydrogen-bond donors (Lipinski definition) is 3. The van der Waals surface area contributed by atoms with Gasteiger partial charge in [0.05, 0.1) is 33.2 Å². The molecule has 0 radical (unpaired) electrons. The third-order valence-corrected chi connectivity index (χ3v) is 8.23. The van der Waals surface area contributed by atoms with Gasteiger partial charge in [-0.05, 0) is 19.1 Å². The Labute approximate surface area is 203 Å². The molecule has 36 heavy (non-hydrogen) atoms. The third-order valence-electron chi connectivity index (χ3n) is 8.23. The van der Waals surface area contributed by atoms with Gasteiger partial charge in [0.1, 0.15) is 18.3 Å². The van der Waals surface area contributed by atoms with Gasteiger partial charge in [0, 0.05) is 28.7 Å². The molecule has 5 heterocycles. The van der Waals surface area contributed by atoms with Crippen LogP contribution in [0.1, 0.15) is 33.9 Å². The van der Waals surface area contributed by atoms with E-state index in [1.165, 1.54) is 7.11 Å². The zero-order chi connectivity index (χ0) is 24.7. The second-order valence-electron chi connectivity index (χ2n) is 9.92. The monoisotopic (exact) mass is 483 g/mol. The van der Waals surface area contributed by atoms with E-state index in [0.717, 1.165) is 21.8 Å². The van der Waals surface area contributed by atoms with Crippen molar-refractivity contribution in [2.75, 3.05) is 7.11 Å². The van der Waals surface area contributed by atoms with Crippen LogP contribution >= 0.6 is 0 Å². The summed E-state index contributed by atoms with van der Waals surface area (Å²) >= 11 is 0. The van der Waals surface area contributed by atoms with E-state index in [0.29, 0.717) is 32.9 Å². The predicted octanol–water partition coefficient (Wildman–Crippen LogP) is 2.74. The molecule has 5 aromatic rings. The number of fused-ring (bicyclic) bond motifs is 13. The van der Waals surface area contributed by atoms with Crippen molar-refractivity contribution in [2.45, 2.75) is 37.2 Å². The summed E-state index contributed by atoms with van der Waals surface area (Å²) in [4.78, 5) is 26.5. The van der Waals surface area contributed by atoms with E-state index in [9.17, 15) is 19.8 Å². The molecule has 1 saturated heterocycles. The van der Waals surface area contributed by atoms with Crippen LogP contribution in [0.5, 0.6) is 0 Å². The van der Waals surface area contributed by atoms with Crippen molar-refractivity contribution in [3.8, 4) is 0 Å². The topological polar surface area (TPSA) is 115 Å². The van der Waals surface area contributed by atoms with Gasteiger partial charge in [0.2, 0.25) is 0 Å². The first-order valence-corrected chi connectivity index (χ1v) is 11.8. The average Bonchev–Trinajstić information content (AvgIpc) is 3.46. The molecular weight excluding hydrogens is 462 g/mol. The molecule has 0 saturated carbocycles. The standard InChI is InChI=1S/C27H21N3O6/c1-27-23(35-2)21(31)22(32)26(36-27)29-13-9-5-3-7-11(13)15-17-18(25(34)28-24(17)33)16-12-8-4-6-10-14(12)30(27)20(16)19(15)29/h3-10,21-23,26,31-32H,1-2H3,(H,28,33,34)/t21-,22+,23+,26+,27-/m0/s1. The average molecular weight is 483 g/mol. The third kappa shape index (κ3) is 2.02. The van der Waals surface area contributed by atoms with Crippen LogP contribution in [0.3, 0.4) is 0 Å². The number of benzene rings is 3. The van der Waals surface area contributed by atoms with Gasteiger partial charge in [0.15, 0.2) is 12.0 Å². The van der Waals surface area contributed by atoms with E-state index in [2.05, 4.69) is 5.32 Å². The maximum atomic E-state index is 13.3. The molecule has 2 bridgehead atoms. The first-order valence-electron chi connectivity index (χ1n) is 11.8. The van der Waals surface area contributed by atoms with E-state index in [1.807, 2.05) is 64.6 Å². The summed E-state index contributed by atoms with van der Waals surface area (Å²) in [7, 11) is 1.48. The number of carbonyl (C=O) groups is 2. The highest BCUT2D eigenvalue weighted by atomic mass is 16.6. The molecule has 5 atom stereocenters. The Morgan fingerprint density at radius 3 is 2.14 bits per heavy atom. The summed E-state index contributed by atoms with van der Waals surface area (Å²) < 4.78 is 16.3. The Morgan fingerprint density at radius 2 is 1.47 bits per heavy atom. The Morgan fingerprint density at radius 1 is 0.889 bits per heavy atom. The number of carbonyl (C=O) groups excluding carboxylic acids is 2. The fraction of sp³-hybridized carbons (Fsp3) is 0.259. The number of rotatable bonds is 1. The molecule has 1 fully saturated rings. The minimum atomic E-state index is -1.31. The lowest BCUT2D eigenvalue weighted by atomic mass is 9.93. The van der Waals surface area contributed by atoms with Crippen molar-refractivity contribution in [2.24, 2.45) is 0 Å². The van der Waals surface area contributed by atoms with Gasteiger partial charge in [-0.3, -0.25) is 14.9 Å². The van der Waals surface area contributed by atoms with Gasteiger partial charge in [-0.2, -0.15) is 0 Å². The molecule has 0 spiro atoms. The number of aliphatic hydroxyl groups is 2. The Bertz CT molecular complexity index is 1850. The van der Waals surface area contributed by atoms with Crippen LogP contribution in [0.25, 0.3) is 43.6 Å². The Kier molecular flexibility index (Phi) is 3.59. The van der Waals surface area contributed by atoms with E-state index in [4.69, 9.17) is 9.47 Å². The van der Waals surface area contributed by atoms with Crippen molar-refractivity contribution in [3.63, 3.8) is 0 Å².